The Balaban J connectivity index is 2.52. The highest BCUT2D eigenvalue weighted by Crippen LogP contribution is 2.24. The van der Waals surface area contributed by atoms with Crippen LogP contribution in [0.4, 0.5) is 0 Å². The number of rotatable bonds is 5. The van der Waals surface area contributed by atoms with Gasteiger partial charge in [0.15, 0.2) is 0 Å². The molecular weight excluding hydrogens is 184 g/mol. The quantitative estimate of drug-likeness (QED) is 0.753. The zero-order valence-corrected chi connectivity index (χ0v) is 10.9. The van der Waals surface area contributed by atoms with Crippen molar-refractivity contribution in [2.45, 2.75) is 71.0 Å². The second kappa shape index (κ2) is 6.49. The van der Waals surface area contributed by atoms with E-state index >= 15 is 0 Å². The number of nitrogens with one attached hydrogen (secondary N) is 1. The van der Waals surface area contributed by atoms with Crippen LogP contribution in [0.1, 0.15) is 52.9 Å². The fourth-order valence-corrected chi connectivity index (χ4v) is 2.82. The first-order valence-electron chi connectivity index (χ1n) is 6.63. The highest BCUT2D eigenvalue weighted by molar-refractivity contribution is 4.83. The Hall–Kier alpha value is -0.0800. The van der Waals surface area contributed by atoms with E-state index in [0.29, 0.717) is 12.1 Å². The Morgan fingerprint density at radius 2 is 1.80 bits per heavy atom. The van der Waals surface area contributed by atoms with Crippen LogP contribution in [-0.2, 0) is 0 Å². The number of likely N-dealkylation sites (N-methyl/N-ethyl adjacent to an activating group) is 2. The molecule has 2 nitrogen and oxygen atoms in total. The Bertz CT molecular complexity index is 162. The molecule has 2 atom stereocenters. The lowest BCUT2D eigenvalue weighted by atomic mass is 9.92. The van der Waals surface area contributed by atoms with E-state index in [-0.39, 0.29) is 0 Å². The molecule has 0 aromatic heterocycles. The molecule has 0 radical (unpaired) electrons. The van der Waals surface area contributed by atoms with Gasteiger partial charge in [0, 0.05) is 18.1 Å². The summed E-state index contributed by atoms with van der Waals surface area (Å²) in [6, 6.07) is 2.09. The van der Waals surface area contributed by atoms with Gasteiger partial charge in [-0.05, 0) is 40.3 Å². The second-order valence-electron chi connectivity index (χ2n) is 4.94. The van der Waals surface area contributed by atoms with Crippen LogP contribution in [0.3, 0.4) is 0 Å². The first-order valence-corrected chi connectivity index (χ1v) is 6.63. The summed E-state index contributed by atoms with van der Waals surface area (Å²) in [4.78, 5) is 2.69. The molecule has 0 aromatic rings. The monoisotopic (exact) mass is 212 g/mol. The number of hydrogen-bond donors (Lipinski definition) is 1. The Morgan fingerprint density at radius 3 is 2.27 bits per heavy atom. The van der Waals surface area contributed by atoms with E-state index in [1.807, 2.05) is 0 Å². The third-order valence-corrected chi connectivity index (χ3v) is 4.11. The van der Waals surface area contributed by atoms with E-state index in [9.17, 15) is 0 Å². The van der Waals surface area contributed by atoms with Crippen LogP contribution in [-0.4, -0.2) is 36.6 Å². The average molecular weight is 212 g/mol. The minimum atomic E-state index is 0.590. The predicted octanol–water partition coefficient (Wildman–Crippen LogP) is 2.64. The van der Waals surface area contributed by atoms with Gasteiger partial charge in [0.1, 0.15) is 0 Å². The Labute approximate surface area is 95.4 Å². The van der Waals surface area contributed by atoms with E-state index in [1.54, 1.807) is 0 Å². The van der Waals surface area contributed by atoms with Gasteiger partial charge in [-0.2, -0.15) is 0 Å². The van der Waals surface area contributed by atoms with Gasteiger partial charge in [-0.25, -0.2) is 0 Å². The van der Waals surface area contributed by atoms with Crippen molar-refractivity contribution in [3.8, 4) is 0 Å². The molecule has 90 valence electrons. The lowest BCUT2D eigenvalue weighted by molar-refractivity contribution is 0.101. The van der Waals surface area contributed by atoms with Crippen molar-refractivity contribution in [1.82, 2.24) is 10.2 Å². The van der Waals surface area contributed by atoms with Crippen LogP contribution in [0, 0.1) is 0 Å². The molecule has 0 saturated heterocycles. The van der Waals surface area contributed by atoms with E-state index in [0.717, 1.165) is 6.04 Å². The maximum atomic E-state index is 3.38. The van der Waals surface area contributed by atoms with Gasteiger partial charge in [-0.3, -0.25) is 4.90 Å². The topological polar surface area (TPSA) is 15.3 Å². The summed E-state index contributed by atoms with van der Waals surface area (Å²) in [5.74, 6) is 0. The summed E-state index contributed by atoms with van der Waals surface area (Å²) >= 11 is 0. The maximum absolute atomic E-state index is 3.38. The number of nitrogens with zero attached hydrogens (tertiary/aromatic N) is 1. The SMILES string of the molecule is CCN(C1CCCCC1)C(C)C(C)NC. The molecule has 1 aliphatic rings. The minimum Gasteiger partial charge on any atom is -0.316 e. The molecule has 0 amide bonds. The predicted molar refractivity (Wildman–Crippen MR) is 67.2 cm³/mol. The molecule has 1 saturated carbocycles. The molecule has 1 N–H and O–H groups in total. The zero-order valence-electron chi connectivity index (χ0n) is 10.9. The normalized spacial score (nSPS) is 23.0. The van der Waals surface area contributed by atoms with Gasteiger partial charge in [0.2, 0.25) is 0 Å². The zero-order chi connectivity index (χ0) is 11.3. The summed E-state index contributed by atoms with van der Waals surface area (Å²) in [6.07, 6.45) is 7.14. The second-order valence-corrected chi connectivity index (χ2v) is 4.94. The van der Waals surface area contributed by atoms with E-state index in [2.05, 4.69) is 38.0 Å². The molecule has 0 bridgehead atoms. The molecule has 0 aromatic carbocycles. The average Bonchev–Trinajstić information content (AvgIpc) is 2.30. The van der Waals surface area contributed by atoms with E-state index in [4.69, 9.17) is 0 Å². The molecule has 1 aliphatic carbocycles. The fourth-order valence-electron chi connectivity index (χ4n) is 2.82. The Morgan fingerprint density at radius 1 is 1.20 bits per heavy atom. The lowest BCUT2D eigenvalue weighted by Crippen LogP contribution is -2.50. The molecule has 15 heavy (non-hydrogen) atoms. The molecular formula is C13H28N2. The van der Waals surface area contributed by atoms with Crippen molar-refractivity contribution in [2.75, 3.05) is 13.6 Å². The molecule has 2 heteroatoms. The smallest absolute Gasteiger partial charge is 0.0221 e. The largest absolute Gasteiger partial charge is 0.316 e. The molecule has 0 heterocycles. The lowest BCUT2D eigenvalue weighted by Gasteiger charge is -2.40. The first kappa shape index (κ1) is 13.0. The molecule has 1 rings (SSSR count). The standard InChI is InChI=1S/C13H28N2/c1-5-15(12(3)11(2)14-4)13-9-7-6-8-10-13/h11-14H,5-10H2,1-4H3. The summed E-state index contributed by atoms with van der Waals surface area (Å²) in [7, 11) is 2.07. The van der Waals surface area contributed by atoms with Crippen molar-refractivity contribution >= 4 is 0 Å². The summed E-state index contributed by atoms with van der Waals surface area (Å²) < 4.78 is 0. The summed E-state index contributed by atoms with van der Waals surface area (Å²) in [6.45, 7) is 8.14. The molecule has 1 fully saturated rings. The third kappa shape index (κ3) is 3.46. The van der Waals surface area contributed by atoms with Crippen LogP contribution in [0.5, 0.6) is 0 Å². The molecule has 0 spiro atoms. The van der Waals surface area contributed by atoms with E-state index < -0.39 is 0 Å². The van der Waals surface area contributed by atoms with Crippen LogP contribution < -0.4 is 5.32 Å². The van der Waals surface area contributed by atoms with Gasteiger partial charge in [-0.1, -0.05) is 26.2 Å². The maximum Gasteiger partial charge on any atom is 0.0221 e. The van der Waals surface area contributed by atoms with Crippen LogP contribution >= 0.6 is 0 Å². The molecule has 2 unspecified atom stereocenters. The third-order valence-electron chi connectivity index (χ3n) is 4.11. The number of hydrogen-bond acceptors (Lipinski definition) is 2. The van der Waals surface area contributed by atoms with Gasteiger partial charge in [0.25, 0.3) is 0 Å². The molecule has 0 aliphatic heterocycles. The van der Waals surface area contributed by atoms with Crippen molar-refractivity contribution in [2.24, 2.45) is 0 Å². The van der Waals surface area contributed by atoms with E-state index in [1.165, 1.54) is 38.6 Å². The fraction of sp³-hybridized carbons (Fsp3) is 1.00. The van der Waals surface area contributed by atoms with Crippen molar-refractivity contribution in [3.05, 3.63) is 0 Å². The van der Waals surface area contributed by atoms with Gasteiger partial charge < -0.3 is 5.32 Å². The van der Waals surface area contributed by atoms with Crippen LogP contribution in [0.2, 0.25) is 0 Å². The van der Waals surface area contributed by atoms with Crippen molar-refractivity contribution < 1.29 is 0 Å². The van der Waals surface area contributed by atoms with Crippen molar-refractivity contribution in [1.29, 1.82) is 0 Å². The summed E-state index contributed by atoms with van der Waals surface area (Å²) in [5.41, 5.74) is 0. The first-order chi connectivity index (χ1) is 7.20. The van der Waals surface area contributed by atoms with Gasteiger partial charge >= 0.3 is 0 Å². The van der Waals surface area contributed by atoms with Crippen molar-refractivity contribution in [3.63, 3.8) is 0 Å². The minimum absolute atomic E-state index is 0.590. The summed E-state index contributed by atoms with van der Waals surface area (Å²) in [5, 5.41) is 3.38. The Kier molecular flexibility index (Phi) is 5.62. The van der Waals surface area contributed by atoms with Gasteiger partial charge in [0.05, 0.1) is 0 Å². The highest BCUT2D eigenvalue weighted by atomic mass is 15.2. The highest BCUT2D eigenvalue weighted by Gasteiger charge is 2.26. The van der Waals surface area contributed by atoms with Crippen LogP contribution in [0.15, 0.2) is 0 Å². The van der Waals surface area contributed by atoms with Gasteiger partial charge in [-0.15, -0.1) is 0 Å². The van der Waals surface area contributed by atoms with Crippen LogP contribution in [0.25, 0.3) is 0 Å².